The summed E-state index contributed by atoms with van der Waals surface area (Å²) in [6.07, 6.45) is -0.0253. The standard InChI is InChI=1S/C11H15BrN2O2/c1-7-4-9(2-3-10(7)12)14-6-8(13)5-11(15)16/h2-4,8,14H,5-6,13H2,1H3,(H,15,16). The second-order valence-electron chi connectivity index (χ2n) is 3.70. The topological polar surface area (TPSA) is 75.3 Å². The van der Waals surface area contributed by atoms with Crippen LogP contribution in [0.15, 0.2) is 22.7 Å². The van der Waals surface area contributed by atoms with Crippen molar-refractivity contribution in [2.24, 2.45) is 5.73 Å². The molecule has 0 amide bonds. The number of hydrogen-bond donors (Lipinski definition) is 3. The number of nitrogens with two attached hydrogens (primary N) is 1. The van der Waals surface area contributed by atoms with E-state index in [4.69, 9.17) is 10.8 Å². The molecule has 0 spiro atoms. The van der Waals surface area contributed by atoms with Gasteiger partial charge in [-0.15, -0.1) is 0 Å². The van der Waals surface area contributed by atoms with Gasteiger partial charge in [-0.1, -0.05) is 15.9 Å². The summed E-state index contributed by atoms with van der Waals surface area (Å²) in [6.45, 7) is 2.44. The Balaban J connectivity index is 2.48. The fourth-order valence-electron chi connectivity index (χ4n) is 1.30. The number of carboxylic acids is 1. The Morgan fingerprint density at radius 3 is 2.88 bits per heavy atom. The Bertz CT molecular complexity index is 382. The Hall–Kier alpha value is -1.07. The molecule has 0 saturated heterocycles. The lowest BCUT2D eigenvalue weighted by atomic mass is 10.2. The minimum Gasteiger partial charge on any atom is -0.481 e. The molecule has 4 nitrogen and oxygen atoms in total. The molecule has 0 radical (unpaired) electrons. The predicted molar refractivity (Wildman–Crippen MR) is 67.6 cm³/mol. The van der Waals surface area contributed by atoms with Gasteiger partial charge >= 0.3 is 5.97 Å². The summed E-state index contributed by atoms with van der Waals surface area (Å²) in [7, 11) is 0. The van der Waals surface area contributed by atoms with E-state index in [1.165, 1.54) is 0 Å². The molecule has 4 N–H and O–H groups in total. The van der Waals surface area contributed by atoms with Crippen molar-refractivity contribution in [2.45, 2.75) is 19.4 Å². The number of aryl methyl sites for hydroxylation is 1. The van der Waals surface area contributed by atoms with E-state index < -0.39 is 5.97 Å². The van der Waals surface area contributed by atoms with Crippen LogP contribution in [0.5, 0.6) is 0 Å². The molecule has 1 aromatic rings. The zero-order valence-electron chi connectivity index (χ0n) is 9.03. The normalized spacial score (nSPS) is 12.2. The molecule has 0 heterocycles. The van der Waals surface area contributed by atoms with E-state index >= 15 is 0 Å². The average molecular weight is 287 g/mol. The quantitative estimate of drug-likeness (QED) is 0.774. The van der Waals surface area contributed by atoms with Crippen LogP contribution in [0.2, 0.25) is 0 Å². The van der Waals surface area contributed by atoms with Gasteiger partial charge in [-0.25, -0.2) is 0 Å². The summed E-state index contributed by atoms with van der Waals surface area (Å²) in [5, 5.41) is 11.7. The summed E-state index contributed by atoms with van der Waals surface area (Å²) in [4.78, 5) is 10.4. The van der Waals surface area contributed by atoms with Gasteiger partial charge in [0.2, 0.25) is 0 Å². The third-order valence-corrected chi connectivity index (χ3v) is 3.05. The van der Waals surface area contributed by atoms with E-state index in [1.54, 1.807) is 0 Å². The van der Waals surface area contributed by atoms with Gasteiger partial charge in [-0.05, 0) is 30.7 Å². The van der Waals surface area contributed by atoms with Gasteiger partial charge < -0.3 is 16.2 Å². The summed E-state index contributed by atoms with van der Waals surface area (Å²) in [5.74, 6) is -0.874. The highest BCUT2D eigenvalue weighted by Gasteiger charge is 2.07. The Morgan fingerprint density at radius 2 is 2.31 bits per heavy atom. The number of aliphatic carboxylic acids is 1. The highest BCUT2D eigenvalue weighted by Crippen LogP contribution is 2.19. The van der Waals surface area contributed by atoms with Crippen molar-refractivity contribution in [3.05, 3.63) is 28.2 Å². The fourth-order valence-corrected chi connectivity index (χ4v) is 1.55. The minimum atomic E-state index is -0.874. The summed E-state index contributed by atoms with van der Waals surface area (Å²) in [5.41, 5.74) is 7.71. The number of carbonyl (C=O) groups is 1. The molecule has 0 saturated carbocycles. The van der Waals surface area contributed by atoms with Crippen molar-refractivity contribution in [1.29, 1.82) is 0 Å². The number of anilines is 1. The van der Waals surface area contributed by atoms with Crippen molar-refractivity contribution in [1.82, 2.24) is 0 Å². The molecule has 1 unspecified atom stereocenters. The number of rotatable bonds is 5. The summed E-state index contributed by atoms with van der Waals surface area (Å²) < 4.78 is 1.05. The minimum absolute atomic E-state index is 0.0253. The maximum absolute atomic E-state index is 10.4. The molecule has 0 aliphatic heterocycles. The first-order valence-electron chi connectivity index (χ1n) is 4.96. The van der Waals surface area contributed by atoms with E-state index in [2.05, 4.69) is 21.2 Å². The third kappa shape index (κ3) is 4.20. The third-order valence-electron chi connectivity index (χ3n) is 2.16. The molecule has 1 atom stereocenters. The first-order valence-corrected chi connectivity index (χ1v) is 5.75. The van der Waals surface area contributed by atoms with Crippen LogP contribution in [0.3, 0.4) is 0 Å². The smallest absolute Gasteiger partial charge is 0.304 e. The molecule has 0 bridgehead atoms. The number of hydrogen-bond acceptors (Lipinski definition) is 3. The van der Waals surface area contributed by atoms with Crippen molar-refractivity contribution in [2.75, 3.05) is 11.9 Å². The maximum atomic E-state index is 10.4. The predicted octanol–water partition coefficient (Wildman–Crippen LogP) is 1.97. The van der Waals surface area contributed by atoms with E-state index in [-0.39, 0.29) is 12.5 Å². The van der Waals surface area contributed by atoms with Crippen LogP contribution >= 0.6 is 15.9 Å². The van der Waals surface area contributed by atoms with Crippen molar-refractivity contribution < 1.29 is 9.90 Å². The Morgan fingerprint density at radius 1 is 1.62 bits per heavy atom. The van der Waals surface area contributed by atoms with Crippen LogP contribution in [-0.2, 0) is 4.79 Å². The van der Waals surface area contributed by atoms with Crippen LogP contribution in [0.25, 0.3) is 0 Å². The van der Waals surface area contributed by atoms with E-state index in [9.17, 15) is 4.79 Å². The largest absolute Gasteiger partial charge is 0.481 e. The molecule has 0 aliphatic carbocycles. The number of carboxylic acid groups (broad SMARTS) is 1. The van der Waals surface area contributed by atoms with Gasteiger partial charge in [-0.3, -0.25) is 4.79 Å². The summed E-state index contributed by atoms with van der Waals surface area (Å²) >= 11 is 3.41. The monoisotopic (exact) mass is 286 g/mol. The molecule has 88 valence electrons. The van der Waals surface area contributed by atoms with Gasteiger partial charge in [0.25, 0.3) is 0 Å². The first kappa shape index (κ1) is 13.0. The molecule has 1 aromatic carbocycles. The molecule has 0 aliphatic rings. The highest BCUT2D eigenvalue weighted by atomic mass is 79.9. The lowest BCUT2D eigenvalue weighted by Gasteiger charge is -2.12. The lowest BCUT2D eigenvalue weighted by molar-refractivity contribution is -0.137. The van der Waals surface area contributed by atoms with Crippen LogP contribution in [0.4, 0.5) is 5.69 Å². The van der Waals surface area contributed by atoms with Crippen molar-refractivity contribution in [3.8, 4) is 0 Å². The van der Waals surface area contributed by atoms with Crippen LogP contribution in [0, 0.1) is 6.92 Å². The average Bonchev–Trinajstić information content (AvgIpc) is 2.19. The number of nitrogens with one attached hydrogen (secondary N) is 1. The molecule has 5 heteroatoms. The molecule has 16 heavy (non-hydrogen) atoms. The van der Waals surface area contributed by atoms with Gasteiger partial charge in [0.05, 0.1) is 6.42 Å². The molecular formula is C11H15BrN2O2. The Kier molecular flexibility index (Phi) is 4.76. The van der Waals surface area contributed by atoms with Crippen molar-refractivity contribution in [3.63, 3.8) is 0 Å². The van der Waals surface area contributed by atoms with Gasteiger partial charge in [0.15, 0.2) is 0 Å². The van der Waals surface area contributed by atoms with Crippen molar-refractivity contribution >= 4 is 27.6 Å². The van der Waals surface area contributed by atoms with E-state index in [0.29, 0.717) is 6.54 Å². The van der Waals surface area contributed by atoms with Crippen LogP contribution in [0.1, 0.15) is 12.0 Å². The first-order chi connectivity index (χ1) is 7.49. The zero-order chi connectivity index (χ0) is 12.1. The lowest BCUT2D eigenvalue weighted by Crippen LogP contribution is -2.31. The molecular weight excluding hydrogens is 272 g/mol. The summed E-state index contributed by atoms with van der Waals surface area (Å²) in [6, 6.07) is 5.48. The van der Waals surface area contributed by atoms with Gasteiger partial charge in [0, 0.05) is 22.7 Å². The van der Waals surface area contributed by atoms with Gasteiger partial charge in [-0.2, -0.15) is 0 Å². The molecule has 0 aromatic heterocycles. The van der Waals surface area contributed by atoms with Gasteiger partial charge in [0.1, 0.15) is 0 Å². The highest BCUT2D eigenvalue weighted by molar-refractivity contribution is 9.10. The zero-order valence-corrected chi connectivity index (χ0v) is 10.6. The SMILES string of the molecule is Cc1cc(NCC(N)CC(=O)O)ccc1Br. The molecule has 1 rings (SSSR count). The second kappa shape index (κ2) is 5.86. The van der Waals surface area contributed by atoms with Crippen LogP contribution < -0.4 is 11.1 Å². The Labute approximate surface area is 103 Å². The second-order valence-corrected chi connectivity index (χ2v) is 4.56. The molecule has 0 fully saturated rings. The maximum Gasteiger partial charge on any atom is 0.304 e. The number of halogens is 1. The van der Waals surface area contributed by atoms with Crippen LogP contribution in [-0.4, -0.2) is 23.7 Å². The fraction of sp³-hybridized carbons (Fsp3) is 0.364. The number of benzene rings is 1. The van der Waals surface area contributed by atoms with E-state index in [1.807, 2.05) is 25.1 Å². The van der Waals surface area contributed by atoms with E-state index in [0.717, 1.165) is 15.7 Å².